The van der Waals surface area contributed by atoms with E-state index in [4.69, 9.17) is 0 Å². The van der Waals surface area contributed by atoms with Crippen LogP contribution in [0.25, 0.3) is 0 Å². The molecule has 0 saturated heterocycles. The zero-order valence-electron chi connectivity index (χ0n) is 20.4. The molecular weight excluding hydrogens is 346 g/mol. The number of rotatable bonds is 9. The van der Waals surface area contributed by atoms with Gasteiger partial charge in [0.25, 0.3) is 0 Å². The van der Waals surface area contributed by atoms with Crippen molar-refractivity contribution in [1.29, 1.82) is 0 Å². The van der Waals surface area contributed by atoms with Crippen LogP contribution in [0.2, 0.25) is 0 Å². The smallest absolute Gasteiger partial charge is 0.0482 e. The van der Waals surface area contributed by atoms with Gasteiger partial charge in [-0.25, -0.2) is 0 Å². The first-order valence-electron chi connectivity index (χ1n) is 11.8. The Bertz CT molecular complexity index is 413. The Morgan fingerprint density at radius 3 is 1.25 bits per heavy atom. The third kappa shape index (κ3) is 7.95. The van der Waals surface area contributed by atoms with E-state index in [2.05, 4.69) is 60.3 Å². The minimum atomic E-state index is -0.0944. The van der Waals surface area contributed by atoms with E-state index in [1.165, 1.54) is 51.4 Å². The summed E-state index contributed by atoms with van der Waals surface area (Å²) in [4.78, 5) is 2.81. The molecule has 3 heteroatoms. The van der Waals surface area contributed by atoms with Gasteiger partial charge in [-0.05, 0) is 64.2 Å². The van der Waals surface area contributed by atoms with Crippen molar-refractivity contribution >= 4 is 0 Å². The van der Waals surface area contributed by atoms with Crippen LogP contribution in [0.15, 0.2) is 0 Å². The van der Waals surface area contributed by atoms with Crippen LogP contribution in [-0.2, 0) is 0 Å². The normalized spacial score (nSPS) is 19.4. The number of aliphatic hydroxyl groups excluding tert-OH is 2. The van der Waals surface area contributed by atoms with Gasteiger partial charge >= 0.3 is 0 Å². The van der Waals surface area contributed by atoms with E-state index < -0.39 is 0 Å². The minimum absolute atomic E-state index is 0.0139. The molecule has 0 aliphatic heterocycles. The highest BCUT2D eigenvalue weighted by molar-refractivity contribution is 5.00. The Labute approximate surface area is 176 Å². The predicted molar refractivity (Wildman–Crippen MR) is 122 cm³/mol. The molecule has 1 rings (SSSR count). The number of hydrogen-bond donors (Lipinski definition) is 2. The minimum Gasteiger partial charge on any atom is -0.396 e. The zero-order chi connectivity index (χ0) is 21.6. The Balaban J connectivity index is 3.27. The average molecular weight is 398 g/mol. The molecule has 0 amide bonds. The number of nitrogens with zero attached hydrogens (tertiary/aromatic N) is 1. The Hall–Kier alpha value is -0.120. The van der Waals surface area contributed by atoms with Crippen molar-refractivity contribution in [3.63, 3.8) is 0 Å². The molecule has 0 atom stereocenters. The highest BCUT2D eigenvalue weighted by atomic mass is 16.3. The summed E-state index contributed by atoms with van der Waals surface area (Å²) in [6.45, 7) is 18.7. The number of aliphatic hydroxyl groups is 2. The van der Waals surface area contributed by atoms with E-state index in [1.54, 1.807) is 0 Å². The molecule has 3 nitrogen and oxygen atoms in total. The quantitative estimate of drug-likeness (QED) is 0.489. The summed E-state index contributed by atoms with van der Waals surface area (Å²) in [5.41, 5.74) is -0.217. The van der Waals surface area contributed by atoms with E-state index >= 15 is 0 Å². The fourth-order valence-electron chi connectivity index (χ4n) is 6.30. The molecule has 0 bridgehead atoms. The van der Waals surface area contributed by atoms with Crippen LogP contribution in [-0.4, -0.2) is 45.4 Å². The van der Waals surface area contributed by atoms with Gasteiger partial charge in [-0.15, -0.1) is 0 Å². The lowest BCUT2D eigenvalue weighted by Gasteiger charge is -2.56. The van der Waals surface area contributed by atoms with E-state index in [-0.39, 0.29) is 35.1 Å². The lowest BCUT2D eigenvalue weighted by molar-refractivity contribution is -0.0756. The monoisotopic (exact) mass is 397 g/mol. The average Bonchev–Trinajstić information content (AvgIpc) is 2.66. The van der Waals surface area contributed by atoms with E-state index in [0.29, 0.717) is 6.04 Å². The van der Waals surface area contributed by atoms with Crippen molar-refractivity contribution in [1.82, 2.24) is 4.90 Å². The SMILES string of the molecule is CC(C)(CO)CC(C)(C)N(C1CCCCCCCC1)C(C)(C)CC(C)(C)CO. The Morgan fingerprint density at radius 1 is 0.607 bits per heavy atom. The molecule has 0 aromatic heterocycles. The Morgan fingerprint density at radius 2 is 0.929 bits per heavy atom. The van der Waals surface area contributed by atoms with Gasteiger partial charge in [0, 0.05) is 30.3 Å². The van der Waals surface area contributed by atoms with Crippen molar-refractivity contribution in [2.45, 2.75) is 137 Å². The molecule has 2 N–H and O–H groups in total. The van der Waals surface area contributed by atoms with Crippen LogP contribution in [0.1, 0.15) is 120 Å². The molecule has 0 aromatic rings. The second-order valence-corrected chi connectivity index (χ2v) is 12.3. The first kappa shape index (κ1) is 25.9. The fraction of sp³-hybridized carbons (Fsp3) is 1.00. The third-order valence-electron chi connectivity index (χ3n) is 6.67. The maximum atomic E-state index is 9.94. The van der Waals surface area contributed by atoms with Gasteiger partial charge < -0.3 is 10.2 Å². The standard InChI is InChI=1S/C25H51NO2/c1-22(2,19-27)17-24(5,6)26(25(7,8)18-23(3,4)20-28)21-15-13-11-9-10-12-14-16-21/h21,27-28H,9-20H2,1-8H3. The van der Waals surface area contributed by atoms with Crippen LogP contribution >= 0.6 is 0 Å². The summed E-state index contributed by atoms with van der Waals surface area (Å²) < 4.78 is 0. The van der Waals surface area contributed by atoms with Crippen LogP contribution < -0.4 is 0 Å². The third-order valence-corrected chi connectivity index (χ3v) is 6.67. The largest absolute Gasteiger partial charge is 0.396 e. The van der Waals surface area contributed by atoms with Crippen molar-refractivity contribution in [2.24, 2.45) is 10.8 Å². The molecule has 0 heterocycles. The van der Waals surface area contributed by atoms with E-state index in [0.717, 1.165) is 12.8 Å². The van der Waals surface area contributed by atoms with Gasteiger partial charge in [-0.2, -0.15) is 0 Å². The summed E-state index contributed by atoms with van der Waals surface area (Å²) in [7, 11) is 0. The first-order chi connectivity index (χ1) is 12.8. The topological polar surface area (TPSA) is 43.7 Å². The summed E-state index contributed by atoms with van der Waals surface area (Å²) in [5.74, 6) is 0. The van der Waals surface area contributed by atoms with Crippen molar-refractivity contribution in [2.75, 3.05) is 13.2 Å². The van der Waals surface area contributed by atoms with Crippen molar-refractivity contribution < 1.29 is 10.2 Å². The molecule has 168 valence electrons. The maximum Gasteiger partial charge on any atom is 0.0482 e. The molecule has 1 saturated carbocycles. The molecule has 28 heavy (non-hydrogen) atoms. The van der Waals surface area contributed by atoms with Crippen LogP contribution in [0, 0.1) is 10.8 Å². The molecule has 0 radical (unpaired) electrons. The molecule has 0 unspecified atom stereocenters. The van der Waals surface area contributed by atoms with Gasteiger partial charge in [-0.3, -0.25) is 4.90 Å². The van der Waals surface area contributed by atoms with Gasteiger partial charge in [0.15, 0.2) is 0 Å². The summed E-state index contributed by atoms with van der Waals surface area (Å²) in [6, 6.07) is 0.576. The second kappa shape index (κ2) is 10.3. The molecule has 1 aliphatic carbocycles. The lowest BCUT2D eigenvalue weighted by atomic mass is 9.73. The fourth-order valence-corrected chi connectivity index (χ4v) is 6.30. The molecule has 1 fully saturated rings. The zero-order valence-corrected chi connectivity index (χ0v) is 20.4. The second-order valence-electron chi connectivity index (χ2n) is 12.3. The van der Waals surface area contributed by atoms with Gasteiger partial charge in [-0.1, -0.05) is 66.2 Å². The van der Waals surface area contributed by atoms with E-state index in [1.807, 2.05) is 0 Å². The molecular formula is C25H51NO2. The first-order valence-corrected chi connectivity index (χ1v) is 11.8. The summed E-state index contributed by atoms with van der Waals surface area (Å²) in [6.07, 6.45) is 12.6. The van der Waals surface area contributed by atoms with E-state index in [9.17, 15) is 10.2 Å². The molecule has 0 spiro atoms. The summed E-state index contributed by atoms with van der Waals surface area (Å²) in [5, 5.41) is 19.9. The molecule has 0 aromatic carbocycles. The van der Waals surface area contributed by atoms with Gasteiger partial charge in [0.05, 0.1) is 0 Å². The van der Waals surface area contributed by atoms with Gasteiger partial charge in [0.1, 0.15) is 0 Å². The van der Waals surface area contributed by atoms with Gasteiger partial charge in [0.2, 0.25) is 0 Å². The highest BCUT2D eigenvalue weighted by Crippen LogP contribution is 2.43. The van der Waals surface area contributed by atoms with Crippen LogP contribution in [0.4, 0.5) is 0 Å². The predicted octanol–water partition coefficient (Wildman–Crippen LogP) is 6.17. The lowest BCUT2D eigenvalue weighted by Crippen LogP contribution is -2.62. The van der Waals surface area contributed by atoms with Crippen molar-refractivity contribution in [3.8, 4) is 0 Å². The molecule has 1 aliphatic rings. The van der Waals surface area contributed by atoms with Crippen LogP contribution in [0.3, 0.4) is 0 Å². The summed E-state index contributed by atoms with van der Waals surface area (Å²) >= 11 is 0. The van der Waals surface area contributed by atoms with Crippen molar-refractivity contribution in [3.05, 3.63) is 0 Å². The van der Waals surface area contributed by atoms with Crippen LogP contribution in [0.5, 0.6) is 0 Å². The number of hydrogen-bond acceptors (Lipinski definition) is 3. The highest BCUT2D eigenvalue weighted by Gasteiger charge is 2.45. The maximum absolute atomic E-state index is 9.94. The Kier molecular flexibility index (Phi) is 9.50.